The first-order valence-corrected chi connectivity index (χ1v) is 7.79. The van der Waals surface area contributed by atoms with Gasteiger partial charge in [0.1, 0.15) is 23.7 Å². The van der Waals surface area contributed by atoms with Crippen LogP contribution in [0.25, 0.3) is 0 Å². The Morgan fingerprint density at radius 1 is 1.08 bits per heavy atom. The zero-order chi connectivity index (χ0) is 17.6. The molecule has 0 spiro atoms. The Morgan fingerprint density at radius 3 is 2.60 bits per heavy atom. The van der Waals surface area contributed by atoms with Gasteiger partial charge in [-0.2, -0.15) is 0 Å². The fourth-order valence-electron chi connectivity index (χ4n) is 2.24. The van der Waals surface area contributed by atoms with Crippen LogP contribution >= 0.6 is 0 Å². The zero-order valence-electron chi connectivity index (χ0n) is 13.7. The van der Waals surface area contributed by atoms with Crippen molar-refractivity contribution in [1.82, 2.24) is 15.3 Å². The number of nitrogens with one attached hydrogen (secondary N) is 2. The summed E-state index contributed by atoms with van der Waals surface area (Å²) in [5.74, 6) is -0.236. The highest BCUT2D eigenvalue weighted by molar-refractivity contribution is 5.92. The van der Waals surface area contributed by atoms with Crippen molar-refractivity contribution >= 4 is 17.4 Å². The maximum Gasteiger partial charge on any atom is 0.270 e. The second-order valence-electron chi connectivity index (χ2n) is 5.55. The summed E-state index contributed by atoms with van der Waals surface area (Å²) in [5.41, 5.74) is 2.65. The van der Waals surface area contributed by atoms with E-state index in [-0.39, 0.29) is 18.1 Å². The molecule has 2 aromatic carbocycles. The minimum Gasteiger partial charge on any atom is -0.347 e. The molecule has 0 bridgehead atoms. The molecule has 0 atom stereocenters. The van der Waals surface area contributed by atoms with Crippen molar-refractivity contribution in [3.63, 3.8) is 0 Å². The number of benzene rings is 2. The van der Waals surface area contributed by atoms with Crippen molar-refractivity contribution < 1.29 is 9.18 Å². The van der Waals surface area contributed by atoms with Crippen molar-refractivity contribution in [2.24, 2.45) is 0 Å². The normalized spacial score (nSPS) is 10.3. The van der Waals surface area contributed by atoms with E-state index in [2.05, 4.69) is 20.6 Å². The van der Waals surface area contributed by atoms with Gasteiger partial charge in [0.2, 0.25) is 0 Å². The Morgan fingerprint density at radius 2 is 1.84 bits per heavy atom. The third-order valence-electron chi connectivity index (χ3n) is 3.62. The third kappa shape index (κ3) is 4.38. The van der Waals surface area contributed by atoms with E-state index in [0.29, 0.717) is 11.4 Å². The lowest BCUT2D eigenvalue weighted by Crippen LogP contribution is -2.24. The molecule has 0 aliphatic heterocycles. The highest BCUT2D eigenvalue weighted by atomic mass is 19.1. The van der Waals surface area contributed by atoms with Crippen LogP contribution in [0.15, 0.2) is 60.9 Å². The lowest BCUT2D eigenvalue weighted by Gasteiger charge is -2.08. The van der Waals surface area contributed by atoms with Gasteiger partial charge in [-0.05, 0) is 25.1 Å². The minimum absolute atomic E-state index is 0.0935. The first kappa shape index (κ1) is 16.6. The molecule has 2 N–H and O–H groups in total. The summed E-state index contributed by atoms with van der Waals surface area (Å²) in [5, 5.41) is 5.78. The first-order chi connectivity index (χ1) is 12.1. The predicted molar refractivity (Wildman–Crippen MR) is 94.1 cm³/mol. The predicted octanol–water partition coefficient (Wildman–Crippen LogP) is 3.60. The number of halogens is 1. The number of aromatic nitrogens is 2. The molecule has 25 heavy (non-hydrogen) atoms. The largest absolute Gasteiger partial charge is 0.347 e. The maximum absolute atomic E-state index is 13.6. The Balaban J connectivity index is 1.67. The average molecular weight is 336 g/mol. The summed E-state index contributed by atoms with van der Waals surface area (Å²) in [7, 11) is 0. The molecule has 3 aromatic rings. The van der Waals surface area contributed by atoms with Crippen molar-refractivity contribution in [2.75, 3.05) is 5.32 Å². The standard InChI is InChI=1S/C19H17FN4O/c1-13-6-8-15(9-7-13)24-18-10-17(22-12-23-18)19(25)21-11-14-4-2-3-5-16(14)20/h2-10,12H,11H2,1H3,(H,21,25)(H,22,23,24). The van der Waals surface area contributed by atoms with E-state index in [9.17, 15) is 9.18 Å². The number of nitrogens with zero attached hydrogens (tertiary/aromatic N) is 2. The van der Waals surface area contributed by atoms with Crippen LogP contribution in [-0.2, 0) is 6.54 Å². The maximum atomic E-state index is 13.6. The lowest BCUT2D eigenvalue weighted by atomic mass is 10.2. The van der Waals surface area contributed by atoms with Crippen LogP contribution in [0.1, 0.15) is 21.6 Å². The molecule has 0 aliphatic carbocycles. The number of hydrogen-bond acceptors (Lipinski definition) is 4. The van der Waals surface area contributed by atoms with Gasteiger partial charge in [-0.3, -0.25) is 4.79 Å². The number of carbonyl (C=O) groups excluding carboxylic acids is 1. The van der Waals surface area contributed by atoms with E-state index in [0.717, 1.165) is 11.3 Å². The molecular weight excluding hydrogens is 319 g/mol. The molecule has 0 fully saturated rings. The molecule has 5 nitrogen and oxygen atoms in total. The summed E-state index contributed by atoms with van der Waals surface area (Å²) in [4.78, 5) is 20.3. The van der Waals surface area contributed by atoms with Gasteiger partial charge >= 0.3 is 0 Å². The number of aryl methyl sites for hydroxylation is 1. The Hall–Kier alpha value is -3.28. The van der Waals surface area contributed by atoms with Crippen molar-refractivity contribution in [3.8, 4) is 0 Å². The minimum atomic E-state index is -0.391. The lowest BCUT2D eigenvalue weighted by molar-refractivity contribution is 0.0945. The van der Waals surface area contributed by atoms with E-state index in [1.807, 2.05) is 31.2 Å². The first-order valence-electron chi connectivity index (χ1n) is 7.79. The molecule has 0 radical (unpaired) electrons. The SMILES string of the molecule is Cc1ccc(Nc2cc(C(=O)NCc3ccccc3F)ncn2)cc1. The van der Waals surface area contributed by atoms with Gasteiger partial charge in [0, 0.05) is 23.9 Å². The summed E-state index contributed by atoms with van der Waals surface area (Å²) in [6.45, 7) is 2.10. The monoisotopic (exact) mass is 336 g/mol. The zero-order valence-corrected chi connectivity index (χ0v) is 13.7. The Kier molecular flexibility index (Phi) is 4.99. The molecule has 0 saturated heterocycles. The highest BCUT2D eigenvalue weighted by Crippen LogP contribution is 2.15. The average Bonchev–Trinajstić information content (AvgIpc) is 2.63. The Labute approximate surface area is 145 Å². The molecule has 3 rings (SSSR count). The molecule has 0 aliphatic rings. The molecule has 6 heteroatoms. The van der Waals surface area contributed by atoms with Gasteiger partial charge in [0.15, 0.2) is 0 Å². The Bertz CT molecular complexity index is 881. The fraction of sp³-hybridized carbons (Fsp3) is 0.105. The van der Waals surface area contributed by atoms with Gasteiger partial charge in [-0.1, -0.05) is 35.9 Å². The van der Waals surface area contributed by atoms with Crippen LogP contribution in [0.3, 0.4) is 0 Å². The molecule has 0 unspecified atom stereocenters. The molecule has 1 heterocycles. The topological polar surface area (TPSA) is 66.9 Å². The van der Waals surface area contributed by atoms with Crippen LogP contribution in [0.5, 0.6) is 0 Å². The highest BCUT2D eigenvalue weighted by Gasteiger charge is 2.10. The van der Waals surface area contributed by atoms with E-state index in [4.69, 9.17) is 0 Å². The molecule has 126 valence electrons. The smallest absolute Gasteiger partial charge is 0.270 e. The van der Waals surface area contributed by atoms with Crippen LogP contribution in [0.4, 0.5) is 15.9 Å². The van der Waals surface area contributed by atoms with Gasteiger partial charge in [0.25, 0.3) is 5.91 Å². The van der Waals surface area contributed by atoms with Crippen molar-refractivity contribution in [2.45, 2.75) is 13.5 Å². The number of anilines is 2. The summed E-state index contributed by atoms with van der Waals surface area (Å²) < 4.78 is 13.6. The summed E-state index contributed by atoms with van der Waals surface area (Å²) >= 11 is 0. The molecule has 1 aromatic heterocycles. The van der Waals surface area contributed by atoms with Gasteiger partial charge in [-0.15, -0.1) is 0 Å². The van der Waals surface area contributed by atoms with E-state index < -0.39 is 5.91 Å². The summed E-state index contributed by atoms with van der Waals surface area (Å²) in [6, 6.07) is 15.7. The van der Waals surface area contributed by atoms with Gasteiger partial charge in [-0.25, -0.2) is 14.4 Å². The van der Waals surface area contributed by atoms with E-state index in [1.54, 1.807) is 24.3 Å². The quantitative estimate of drug-likeness (QED) is 0.747. The van der Waals surface area contributed by atoms with Gasteiger partial charge in [0.05, 0.1) is 0 Å². The number of hydrogen-bond donors (Lipinski definition) is 2. The molecular formula is C19H17FN4O. The third-order valence-corrected chi connectivity index (χ3v) is 3.62. The fourth-order valence-corrected chi connectivity index (χ4v) is 2.24. The number of carbonyl (C=O) groups is 1. The van der Waals surface area contributed by atoms with E-state index >= 15 is 0 Å². The summed E-state index contributed by atoms with van der Waals surface area (Å²) in [6.07, 6.45) is 1.31. The van der Waals surface area contributed by atoms with Crippen LogP contribution in [-0.4, -0.2) is 15.9 Å². The number of rotatable bonds is 5. The van der Waals surface area contributed by atoms with Crippen molar-refractivity contribution in [1.29, 1.82) is 0 Å². The molecule has 1 amide bonds. The number of amides is 1. The van der Waals surface area contributed by atoms with Crippen LogP contribution in [0.2, 0.25) is 0 Å². The van der Waals surface area contributed by atoms with E-state index in [1.165, 1.54) is 12.4 Å². The second-order valence-corrected chi connectivity index (χ2v) is 5.55. The van der Waals surface area contributed by atoms with Crippen molar-refractivity contribution in [3.05, 3.63) is 83.6 Å². The molecule has 0 saturated carbocycles. The van der Waals surface area contributed by atoms with Crippen LogP contribution < -0.4 is 10.6 Å². The second kappa shape index (κ2) is 7.53. The van der Waals surface area contributed by atoms with Gasteiger partial charge < -0.3 is 10.6 Å². The van der Waals surface area contributed by atoms with Crippen LogP contribution in [0, 0.1) is 12.7 Å².